The Morgan fingerprint density at radius 2 is 2.00 bits per heavy atom. The van der Waals surface area contributed by atoms with Crippen molar-refractivity contribution in [3.8, 4) is 0 Å². The third kappa shape index (κ3) is 2.24. The van der Waals surface area contributed by atoms with E-state index in [0.29, 0.717) is 16.3 Å². The van der Waals surface area contributed by atoms with Gasteiger partial charge in [0, 0.05) is 6.20 Å². The van der Waals surface area contributed by atoms with E-state index in [1.54, 1.807) is 0 Å². The first-order valence-corrected chi connectivity index (χ1v) is 7.71. The Balaban J connectivity index is 1.89. The molecule has 0 saturated heterocycles. The number of nitrogens with two attached hydrogens (primary N) is 1. The fraction of sp³-hybridized carbons (Fsp3) is 0. The minimum atomic E-state index is -3.99. The number of imide groups is 1. The Morgan fingerprint density at radius 3 is 2.62 bits per heavy atom. The molecule has 2 amide bonds. The molecule has 0 aliphatic carbocycles. The van der Waals surface area contributed by atoms with Crippen LogP contribution >= 0.6 is 11.3 Å². The van der Waals surface area contributed by atoms with E-state index in [9.17, 15) is 18.0 Å². The fourth-order valence-electron chi connectivity index (χ4n) is 1.63. The summed E-state index contributed by atoms with van der Waals surface area (Å²) in [6.45, 7) is 0. The van der Waals surface area contributed by atoms with Crippen LogP contribution in [-0.2, 0) is 10.0 Å². The van der Waals surface area contributed by atoms with Crippen molar-refractivity contribution in [2.24, 2.45) is 5.14 Å². The second-order valence-corrected chi connectivity index (χ2v) is 6.59. The molecule has 10 nitrogen and oxygen atoms in total. The van der Waals surface area contributed by atoms with Crippen molar-refractivity contribution < 1.29 is 18.0 Å². The summed E-state index contributed by atoms with van der Waals surface area (Å²) >= 11 is 0.597. The highest BCUT2D eigenvalue weighted by Gasteiger charge is 2.37. The standard InChI is InChI=1S/C9H6N6O4S2/c10-21(18,19)9-13-12-8(20-9)14-15-6(16)4-2-1-3-11-5(4)7(15)17/h1-3H,(H,12,14)(H2,10,18,19). The number of fused-ring (bicyclic) bond motifs is 1. The first-order chi connectivity index (χ1) is 9.88. The van der Waals surface area contributed by atoms with Gasteiger partial charge >= 0.3 is 0 Å². The zero-order valence-corrected chi connectivity index (χ0v) is 11.7. The molecule has 1 aliphatic heterocycles. The summed E-state index contributed by atoms with van der Waals surface area (Å²) in [6.07, 6.45) is 1.39. The van der Waals surface area contributed by atoms with Gasteiger partial charge in [0.25, 0.3) is 21.8 Å². The number of hydrogen-bond acceptors (Lipinski definition) is 9. The summed E-state index contributed by atoms with van der Waals surface area (Å²) < 4.78 is 21.8. The van der Waals surface area contributed by atoms with Gasteiger partial charge in [0.1, 0.15) is 5.69 Å². The largest absolute Gasteiger partial charge is 0.299 e. The van der Waals surface area contributed by atoms with Crippen LogP contribution in [0.4, 0.5) is 5.13 Å². The Hall–Kier alpha value is -2.44. The molecule has 108 valence electrons. The average molecular weight is 326 g/mol. The summed E-state index contributed by atoms with van der Waals surface area (Å²) in [5.74, 6) is -1.28. The number of hydrazine groups is 1. The van der Waals surface area contributed by atoms with Gasteiger partial charge in [-0.15, -0.1) is 10.2 Å². The number of rotatable bonds is 3. The highest BCUT2D eigenvalue weighted by atomic mass is 32.2. The molecular weight excluding hydrogens is 320 g/mol. The van der Waals surface area contributed by atoms with Crippen LogP contribution in [0.15, 0.2) is 22.7 Å². The molecule has 0 unspecified atom stereocenters. The molecule has 3 heterocycles. The van der Waals surface area contributed by atoms with Crippen LogP contribution in [0.1, 0.15) is 20.8 Å². The predicted octanol–water partition coefficient (Wildman–Crippen LogP) is -0.796. The van der Waals surface area contributed by atoms with Crippen LogP contribution in [0.3, 0.4) is 0 Å². The van der Waals surface area contributed by atoms with Gasteiger partial charge in [-0.1, -0.05) is 11.3 Å². The van der Waals surface area contributed by atoms with E-state index in [1.165, 1.54) is 18.3 Å². The number of aromatic nitrogens is 3. The lowest BCUT2D eigenvalue weighted by molar-refractivity contribution is 0.0689. The van der Waals surface area contributed by atoms with Crippen molar-refractivity contribution in [2.45, 2.75) is 4.34 Å². The van der Waals surface area contributed by atoms with Crippen molar-refractivity contribution >= 4 is 38.3 Å². The van der Waals surface area contributed by atoms with Crippen LogP contribution in [0, 0.1) is 0 Å². The molecule has 0 fully saturated rings. The molecule has 21 heavy (non-hydrogen) atoms. The van der Waals surface area contributed by atoms with Crippen LogP contribution < -0.4 is 10.6 Å². The predicted molar refractivity (Wildman–Crippen MR) is 69.6 cm³/mol. The molecule has 0 aromatic carbocycles. The Kier molecular flexibility index (Phi) is 2.93. The zero-order chi connectivity index (χ0) is 15.2. The first kappa shape index (κ1) is 13.5. The molecule has 12 heteroatoms. The van der Waals surface area contributed by atoms with E-state index in [4.69, 9.17) is 5.14 Å². The van der Waals surface area contributed by atoms with E-state index >= 15 is 0 Å². The van der Waals surface area contributed by atoms with E-state index in [1.807, 2.05) is 0 Å². The van der Waals surface area contributed by atoms with Crippen LogP contribution in [0.5, 0.6) is 0 Å². The minimum Gasteiger partial charge on any atom is -0.267 e. The normalized spacial score (nSPS) is 14.4. The number of hydrogen-bond donors (Lipinski definition) is 2. The molecule has 3 rings (SSSR count). The number of amides is 2. The van der Waals surface area contributed by atoms with Gasteiger partial charge < -0.3 is 0 Å². The highest BCUT2D eigenvalue weighted by molar-refractivity contribution is 7.91. The molecular formula is C9H6N6O4S2. The third-order valence-electron chi connectivity index (χ3n) is 2.50. The Morgan fingerprint density at radius 1 is 1.24 bits per heavy atom. The molecule has 0 bridgehead atoms. The second-order valence-electron chi connectivity index (χ2n) is 3.88. The van der Waals surface area contributed by atoms with Gasteiger partial charge in [-0.3, -0.25) is 20.0 Å². The number of carbonyl (C=O) groups is 2. The van der Waals surface area contributed by atoms with Crippen molar-refractivity contribution in [1.82, 2.24) is 20.2 Å². The van der Waals surface area contributed by atoms with E-state index in [0.717, 1.165) is 0 Å². The second kappa shape index (κ2) is 4.54. The number of nitrogens with zero attached hydrogens (tertiary/aromatic N) is 4. The van der Waals surface area contributed by atoms with Gasteiger partial charge in [-0.05, 0) is 12.1 Å². The summed E-state index contributed by atoms with van der Waals surface area (Å²) in [6, 6.07) is 2.98. The van der Waals surface area contributed by atoms with Gasteiger partial charge in [0.05, 0.1) is 5.56 Å². The maximum atomic E-state index is 12.0. The van der Waals surface area contributed by atoms with Gasteiger partial charge in [-0.2, -0.15) is 5.01 Å². The zero-order valence-electron chi connectivity index (χ0n) is 10.0. The summed E-state index contributed by atoms with van der Waals surface area (Å²) in [5.41, 5.74) is 2.55. The number of primary sulfonamides is 1. The molecule has 0 spiro atoms. The summed E-state index contributed by atoms with van der Waals surface area (Å²) in [4.78, 5) is 27.9. The van der Waals surface area contributed by atoms with Crippen molar-refractivity contribution in [3.63, 3.8) is 0 Å². The lowest BCUT2D eigenvalue weighted by atomic mass is 10.2. The van der Waals surface area contributed by atoms with Crippen molar-refractivity contribution in [1.29, 1.82) is 0 Å². The number of pyridine rings is 1. The summed E-state index contributed by atoms with van der Waals surface area (Å²) in [7, 11) is -3.99. The van der Waals surface area contributed by atoms with Crippen LogP contribution in [0.2, 0.25) is 0 Å². The lowest BCUT2D eigenvalue weighted by Gasteiger charge is -2.12. The first-order valence-electron chi connectivity index (χ1n) is 5.34. The smallest absolute Gasteiger partial charge is 0.267 e. The third-order valence-corrected chi connectivity index (χ3v) is 4.64. The number of anilines is 1. The molecule has 2 aromatic rings. The van der Waals surface area contributed by atoms with Crippen molar-refractivity contribution in [3.05, 3.63) is 29.6 Å². The quantitative estimate of drug-likeness (QED) is 0.697. The monoisotopic (exact) mass is 326 g/mol. The minimum absolute atomic E-state index is 0.00573. The van der Waals surface area contributed by atoms with Gasteiger partial charge in [-0.25, -0.2) is 13.6 Å². The maximum Gasteiger partial charge on any atom is 0.299 e. The van der Waals surface area contributed by atoms with Gasteiger partial charge in [0.15, 0.2) is 0 Å². The molecule has 2 aromatic heterocycles. The van der Waals surface area contributed by atoms with Crippen LogP contribution in [0.25, 0.3) is 0 Å². The lowest BCUT2D eigenvalue weighted by Crippen LogP contribution is -2.35. The molecule has 3 N–H and O–H groups in total. The molecule has 0 atom stereocenters. The van der Waals surface area contributed by atoms with E-state index in [2.05, 4.69) is 20.6 Å². The highest BCUT2D eigenvalue weighted by Crippen LogP contribution is 2.24. The van der Waals surface area contributed by atoms with Gasteiger partial charge in [0.2, 0.25) is 9.47 Å². The topological polar surface area (TPSA) is 148 Å². The van der Waals surface area contributed by atoms with E-state index < -0.39 is 26.2 Å². The SMILES string of the molecule is NS(=O)(=O)c1nnc(NN2C(=O)c3cccnc3C2=O)s1. The maximum absolute atomic E-state index is 12.0. The number of sulfonamides is 1. The fourth-order valence-corrected chi connectivity index (χ4v) is 2.96. The van der Waals surface area contributed by atoms with Crippen LogP contribution in [-0.4, -0.2) is 40.4 Å². The van der Waals surface area contributed by atoms with Crippen molar-refractivity contribution in [2.75, 3.05) is 5.43 Å². The average Bonchev–Trinajstić information content (AvgIpc) is 2.99. The number of carbonyl (C=O) groups excluding carboxylic acids is 2. The van der Waals surface area contributed by atoms with E-state index in [-0.39, 0.29) is 16.4 Å². The molecule has 0 saturated carbocycles. The number of nitrogens with one attached hydrogen (secondary N) is 1. The molecule has 0 radical (unpaired) electrons. The Bertz CT molecular complexity index is 826. The summed E-state index contributed by atoms with van der Waals surface area (Å²) in [5, 5.41) is 12.4. The molecule has 1 aliphatic rings. The Labute approximate surface area is 121 Å².